The molecule has 0 fully saturated rings. The van der Waals surface area contributed by atoms with E-state index in [4.69, 9.17) is 4.99 Å². The van der Waals surface area contributed by atoms with Gasteiger partial charge < -0.3 is 0 Å². The number of aliphatic imine (C=N–C) groups is 1. The molecule has 0 spiro atoms. The van der Waals surface area contributed by atoms with Crippen LogP contribution in [0.5, 0.6) is 0 Å². The maximum atomic E-state index is 4.75. The van der Waals surface area contributed by atoms with Crippen LogP contribution in [-0.2, 0) is 0 Å². The van der Waals surface area contributed by atoms with E-state index in [1.54, 1.807) is 0 Å². The number of benzene rings is 1. The minimum absolute atomic E-state index is 0.194. The maximum absolute atomic E-state index is 4.75. The van der Waals surface area contributed by atoms with E-state index in [9.17, 15) is 0 Å². The molecule has 0 amide bonds. The third kappa shape index (κ3) is 2.67. The van der Waals surface area contributed by atoms with Gasteiger partial charge in [0.15, 0.2) is 0 Å². The number of rotatable bonds is 3. The molecule has 2 heteroatoms. The lowest BCUT2D eigenvalue weighted by molar-refractivity contribution is 0.538. The zero-order valence-electron chi connectivity index (χ0n) is 10.2. The second-order valence-corrected chi connectivity index (χ2v) is 6.67. The highest BCUT2D eigenvalue weighted by Crippen LogP contribution is 2.39. The zero-order valence-corrected chi connectivity index (χ0v) is 11.1. The summed E-state index contributed by atoms with van der Waals surface area (Å²) in [6.45, 7) is 6.75. The molecule has 1 aromatic carbocycles. The molecule has 1 heterocycles. The lowest BCUT2D eigenvalue weighted by Gasteiger charge is -2.28. The molecule has 0 N–H and O–H groups in total. The van der Waals surface area contributed by atoms with Gasteiger partial charge in [0.1, 0.15) is 0 Å². The van der Waals surface area contributed by atoms with E-state index < -0.39 is 0 Å². The second-order valence-electron chi connectivity index (χ2n) is 4.94. The lowest BCUT2D eigenvalue weighted by atomic mass is 10.0. The van der Waals surface area contributed by atoms with E-state index in [-0.39, 0.29) is 4.75 Å². The first-order valence-corrected chi connectivity index (χ1v) is 6.67. The van der Waals surface area contributed by atoms with Crippen LogP contribution in [0.3, 0.4) is 0 Å². The van der Waals surface area contributed by atoms with Crippen molar-refractivity contribution >= 4 is 17.5 Å². The standard InChI is InChI=1S/C14H19NS/c1-11-9-10-13(15-11)14(2,3)16-12-7-5-4-6-8-12/h4-8,13H,9-10H2,1-3H3. The van der Waals surface area contributed by atoms with E-state index >= 15 is 0 Å². The van der Waals surface area contributed by atoms with E-state index in [1.165, 1.54) is 23.4 Å². The third-order valence-corrected chi connectivity index (χ3v) is 4.39. The first kappa shape index (κ1) is 11.7. The van der Waals surface area contributed by atoms with Gasteiger partial charge in [-0.3, -0.25) is 4.99 Å². The van der Waals surface area contributed by atoms with Gasteiger partial charge in [-0.1, -0.05) is 18.2 Å². The monoisotopic (exact) mass is 233 g/mol. The number of thioether (sulfide) groups is 1. The molecule has 1 aliphatic heterocycles. The average molecular weight is 233 g/mol. The average Bonchev–Trinajstić information content (AvgIpc) is 2.66. The Labute approximate surface area is 102 Å². The van der Waals surface area contributed by atoms with Gasteiger partial charge in [0.25, 0.3) is 0 Å². The molecule has 0 radical (unpaired) electrons. The van der Waals surface area contributed by atoms with Crippen LogP contribution in [0.2, 0.25) is 0 Å². The van der Waals surface area contributed by atoms with Crippen LogP contribution in [0, 0.1) is 0 Å². The molecule has 0 aliphatic carbocycles. The summed E-state index contributed by atoms with van der Waals surface area (Å²) in [6, 6.07) is 11.1. The number of nitrogens with zero attached hydrogens (tertiary/aromatic N) is 1. The predicted molar refractivity (Wildman–Crippen MR) is 72.5 cm³/mol. The van der Waals surface area contributed by atoms with E-state index in [2.05, 4.69) is 51.1 Å². The zero-order chi connectivity index (χ0) is 11.6. The molecule has 0 bridgehead atoms. The van der Waals surface area contributed by atoms with Crippen LogP contribution in [0.1, 0.15) is 33.6 Å². The van der Waals surface area contributed by atoms with Gasteiger partial charge in [0, 0.05) is 15.4 Å². The Bertz CT molecular complexity index is 381. The molecule has 0 saturated carbocycles. The van der Waals surface area contributed by atoms with Crippen molar-refractivity contribution in [3.8, 4) is 0 Å². The fourth-order valence-corrected chi connectivity index (χ4v) is 3.31. The molecule has 0 aromatic heterocycles. The van der Waals surface area contributed by atoms with Crippen LogP contribution in [0.15, 0.2) is 40.2 Å². The molecular weight excluding hydrogens is 214 g/mol. The Balaban J connectivity index is 2.08. The Kier molecular flexibility index (Phi) is 3.38. The van der Waals surface area contributed by atoms with Gasteiger partial charge in [-0.15, -0.1) is 11.8 Å². The molecule has 0 saturated heterocycles. The number of hydrogen-bond donors (Lipinski definition) is 0. The summed E-state index contributed by atoms with van der Waals surface area (Å²) in [5, 5.41) is 0. The summed E-state index contributed by atoms with van der Waals surface area (Å²) in [4.78, 5) is 6.09. The highest BCUT2D eigenvalue weighted by Gasteiger charge is 2.32. The van der Waals surface area contributed by atoms with E-state index in [0.717, 1.165) is 0 Å². The van der Waals surface area contributed by atoms with E-state index in [1.807, 2.05) is 11.8 Å². The maximum Gasteiger partial charge on any atom is 0.0647 e. The summed E-state index contributed by atoms with van der Waals surface area (Å²) in [7, 11) is 0. The van der Waals surface area contributed by atoms with Crippen molar-refractivity contribution in [1.82, 2.24) is 0 Å². The summed E-state index contributed by atoms with van der Waals surface area (Å²) in [6.07, 6.45) is 2.38. The normalized spacial score (nSPS) is 20.9. The van der Waals surface area contributed by atoms with Crippen molar-refractivity contribution in [3.05, 3.63) is 30.3 Å². The fourth-order valence-electron chi connectivity index (χ4n) is 2.10. The predicted octanol–water partition coefficient (Wildman–Crippen LogP) is 4.18. The SMILES string of the molecule is CC1=NC(C(C)(C)Sc2ccccc2)CC1. The van der Waals surface area contributed by atoms with Gasteiger partial charge >= 0.3 is 0 Å². The first-order chi connectivity index (χ1) is 7.58. The minimum atomic E-state index is 0.194. The molecule has 86 valence electrons. The van der Waals surface area contributed by atoms with Gasteiger partial charge in [-0.25, -0.2) is 0 Å². The second kappa shape index (κ2) is 4.62. The lowest BCUT2D eigenvalue weighted by Crippen LogP contribution is -2.29. The van der Waals surface area contributed by atoms with Gasteiger partial charge in [-0.05, 0) is 45.7 Å². The van der Waals surface area contributed by atoms with E-state index in [0.29, 0.717) is 6.04 Å². The fraction of sp³-hybridized carbons (Fsp3) is 0.500. The van der Waals surface area contributed by atoms with Crippen molar-refractivity contribution in [2.75, 3.05) is 0 Å². The Morgan fingerprint density at radius 1 is 1.25 bits per heavy atom. The highest BCUT2D eigenvalue weighted by molar-refractivity contribution is 8.00. The molecule has 1 atom stereocenters. The van der Waals surface area contributed by atoms with Crippen molar-refractivity contribution < 1.29 is 0 Å². The minimum Gasteiger partial charge on any atom is -0.290 e. The van der Waals surface area contributed by atoms with Crippen molar-refractivity contribution in [3.63, 3.8) is 0 Å². The van der Waals surface area contributed by atoms with Crippen LogP contribution in [-0.4, -0.2) is 16.5 Å². The summed E-state index contributed by atoms with van der Waals surface area (Å²) in [5.74, 6) is 0. The van der Waals surface area contributed by atoms with Crippen LogP contribution < -0.4 is 0 Å². The molecule has 1 nitrogen and oxygen atoms in total. The first-order valence-electron chi connectivity index (χ1n) is 5.85. The third-order valence-electron chi connectivity index (χ3n) is 3.08. The van der Waals surface area contributed by atoms with Crippen molar-refractivity contribution in [2.45, 2.75) is 49.3 Å². The van der Waals surface area contributed by atoms with Crippen LogP contribution in [0.4, 0.5) is 0 Å². The van der Waals surface area contributed by atoms with Crippen LogP contribution >= 0.6 is 11.8 Å². The summed E-state index contributed by atoms with van der Waals surface area (Å²) >= 11 is 1.94. The van der Waals surface area contributed by atoms with Crippen LogP contribution in [0.25, 0.3) is 0 Å². The van der Waals surface area contributed by atoms with Crippen molar-refractivity contribution in [1.29, 1.82) is 0 Å². The number of hydrogen-bond acceptors (Lipinski definition) is 2. The molecule has 16 heavy (non-hydrogen) atoms. The molecule has 1 aromatic rings. The quantitative estimate of drug-likeness (QED) is 0.713. The largest absolute Gasteiger partial charge is 0.290 e. The summed E-state index contributed by atoms with van der Waals surface area (Å²) < 4.78 is 0.194. The van der Waals surface area contributed by atoms with Gasteiger partial charge in [0.05, 0.1) is 6.04 Å². The highest BCUT2D eigenvalue weighted by atomic mass is 32.2. The van der Waals surface area contributed by atoms with Crippen molar-refractivity contribution in [2.24, 2.45) is 4.99 Å². The molecule has 2 rings (SSSR count). The molecular formula is C14H19NS. The molecule has 1 aliphatic rings. The Hall–Kier alpha value is -0.760. The Morgan fingerprint density at radius 2 is 1.94 bits per heavy atom. The van der Waals surface area contributed by atoms with Gasteiger partial charge in [-0.2, -0.15) is 0 Å². The Morgan fingerprint density at radius 3 is 2.50 bits per heavy atom. The smallest absolute Gasteiger partial charge is 0.0647 e. The summed E-state index contributed by atoms with van der Waals surface area (Å²) in [5.41, 5.74) is 1.31. The topological polar surface area (TPSA) is 12.4 Å². The molecule has 1 unspecified atom stereocenters. The van der Waals surface area contributed by atoms with Gasteiger partial charge in [0.2, 0.25) is 0 Å².